The minimum atomic E-state index is -2.99. The first-order chi connectivity index (χ1) is 12.8. The van der Waals surface area contributed by atoms with Crippen molar-refractivity contribution in [3.05, 3.63) is 53.1 Å². The number of carbonyl (C=O) groups excluding carboxylic acids is 1. The first-order valence-corrected chi connectivity index (χ1v) is 7.94. The molecular weight excluding hydrogens is 356 g/mol. The molecule has 0 radical (unpaired) electrons. The lowest BCUT2D eigenvalue weighted by Crippen LogP contribution is -2.50. The first kappa shape index (κ1) is 18.3. The Morgan fingerprint density at radius 1 is 1.41 bits per heavy atom. The van der Waals surface area contributed by atoms with Gasteiger partial charge in [0.2, 0.25) is 0 Å². The van der Waals surface area contributed by atoms with E-state index >= 15 is 0 Å². The SMILES string of the molecule is [C-]#[N+]c1ccc(O)c(C(=O)NC2=NCC(F)(F)CN2)c1-c1cncc(C)c1. The summed E-state index contributed by atoms with van der Waals surface area (Å²) in [5.74, 6) is -4.23. The monoisotopic (exact) mass is 371 g/mol. The highest BCUT2D eigenvalue weighted by Gasteiger charge is 2.33. The number of hydrogen-bond donors (Lipinski definition) is 3. The van der Waals surface area contributed by atoms with Crippen LogP contribution in [-0.4, -0.2) is 41.0 Å². The number of aromatic nitrogens is 1. The maximum Gasteiger partial charge on any atom is 0.284 e. The van der Waals surface area contributed by atoms with Crippen LogP contribution < -0.4 is 10.6 Å². The number of nitrogens with one attached hydrogen (secondary N) is 2. The number of rotatable bonds is 2. The summed E-state index contributed by atoms with van der Waals surface area (Å²) in [4.78, 5) is 23.8. The highest BCUT2D eigenvalue weighted by atomic mass is 19.3. The van der Waals surface area contributed by atoms with E-state index in [1.807, 2.05) is 0 Å². The summed E-state index contributed by atoms with van der Waals surface area (Å²) in [5.41, 5.74) is 1.49. The topological polar surface area (TPSA) is 91.0 Å². The molecule has 0 saturated carbocycles. The predicted octanol–water partition coefficient (Wildman–Crippen LogP) is 2.64. The van der Waals surface area contributed by atoms with E-state index in [1.54, 1.807) is 19.2 Å². The van der Waals surface area contributed by atoms with E-state index in [4.69, 9.17) is 6.57 Å². The molecule has 2 aromatic rings. The fraction of sp³-hybridized carbons (Fsp3) is 0.222. The van der Waals surface area contributed by atoms with Crippen molar-refractivity contribution in [1.82, 2.24) is 15.6 Å². The Balaban J connectivity index is 2.04. The molecule has 0 aliphatic carbocycles. The molecule has 9 heteroatoms. The van der Waals surface area contributed by atoms with Crippen molar-refractivity contribution in [3.63, 3.8) is 0 Å². The zero-order valence-electron chi connectivity index (χ0n) is 14.3. The summed E-state index contributed by atoms with van der Waals surface area (Å²) in [7, 11) is 0. The Morgan fingerprint density at radius 2 is 2.19 bits per heavy atom. The summed E-state index contributed by atoms with van der Waals surface area (Å²) in [6, 6.07) is 4.36. The van der Waals surface area contributed by atoms with Crippen LogP contribution in [0.4, 0.5) is 14.5 Å². The summed E-state index contributed by atoms with van der Waals surface area (Å²) >= 11 is 0. The molecule has 2 heterocycles. The quantitative estimate of drug-likeness (QED) is 0.708. The van der Waals surface area contributed by atoms with Gasteiger partial charge in [0.25, 0.3) is 11.8 Å². The number of phenols is 1. The van der Waals surface area contributed by atoms with Crippen molar-refractivity contribution in [3.8, 4) is 16.9 Å². The standard InChI is InChI=1S/C18H15F2N5O2/c1-10-5-11(7-22-6-10)14-12(21-2)3-4-13(26)15(14)16(27)25-17-23-8-18(19,20)9-24-17/h3-7,26H,8-9H2,1H3,(H2,23,24,25,27). The number of amides is 1. The van der Waals surface area contributed by atoms with Crippen LogP contribution in [0.25, 0.3) is 16.0 Å². The predicted molar refractivity (Wildman–Crippen MR) is 95.1 cm³/mol. The second-order valence-corrected chi connectivity index (χ2v) is 6.05. The van der Waals surface area contributed by atoms with Crippen molar-refractivity contribution in [2.45, 2.75) is 12.8 Å². The van der Waals surface area contributed by atoms with Crippen molar-refractivity contribution in [1.29, 1.82) is 0 Å². The third kappa shape index (κ3) is 3.84. The molecule has 3 N–H and O–H groups in total. The summed E-state index contributed by atoms with van der Waals surface area (Å²) in [6.07, 6.45) is 3.09. The Labute approximate surface area is 153 Å². The molecule has 138 valence electrons. The molecule has 0 saturated heterocycles. The van der Waals surface area contributed by atoms with Gasteiger partial charge < -0.3 is 10.4 Å². The number of benzene rings is 1. The summed E-state index contributed by atoms with van der Waals surface area (Å²) in [6.45, 7) is 7.76. The molecule has 0 atom stereocenters. The van der Waals surface area contributed by atoms with Gasteiger partial charge in [0.1, 0.15) is 12.3 Å². The highest BCUT2D eigenvalue weighted by molar-refractivity contribution is 6.12. The van der Waals surface area contributed by atoms with Gasteiger partial charge in [-0.1, -0.05) is 6.07 Å². The number of carbonyl (C=O) groups is 1. The van der Waals surface area contributed by atoms with Crippen LogP contribution in [0.2, 0.25) is 0 Å². The molecule has 1 aromatic carbocycles. The largest absolute Gasteiger partial charge is 0.507 e. The zero-order chi connectivity index (χ0) is 19.6. The van der Waals surface area contributed by atoms with Gasteiger partial charge in [-0.05, 0) is 30.2 Å². The molecule has 1 aromatic heterocycles. The molecule has 0 spiro atoms. The number of halogens is 2. The van der Waals surface area contributed by atoms with Crippen LogP contribution in [0.1, 0.15) is 15.9 Å². The number of nitrogens with zero attached hydrogens (tertiary/aromatic N) is 3. The number of aromatic hydroxyl groups is 1. The fourth-order valence-corrected chi connectivity index (χ4v) is 2.66. The second kappa shape index (κ2) is 6.99. The van der Waals surface area contributed by atoms with Gasteiger partial charge in [0.05, 0.1) is 18.7 Å². The molecule has 0 bridgehead atoms. The molecule has 27 heavy (non-hydrogen) atoms. The van der Waals surface area contributed by atoms with E-state index in [-0.39, 0.29) is 28.5 Å². The maximum absolute atomic E-state index is 13.2. The van der Waals surface area contributed by atoms with Crippen LogP contribution in [0.3, 0.4) is 0 Å². The van der Waals surface area contributed by atoms with Gasteiger partial charge in [0, 0.05) is 18.0 Å². The third-order valence-electron chi connectivity index (χ3n) is 3.89. The smallest absolute Gasteiger partial charge is 0.284 e. The number of alkyl halides is 2. The minimum Gasteiger partial charge on any atom is -0.507 e. The molecule has 0 fully saturated rings. The summed E-state index contributed by atoms with van der Waals surface area (Å²) < 4.78 is 26.3. The van der Waals surface area contributed by atoms with Crippen molar-refractivity contribution in [2.75, 3.05) is 13.1 Å². The van der Waals surface area contributed by atoms with Crippen LogP contribution in [-0.2, 0) is 0 Å². The van der Waals surface area contributed by atoms with Crippen molar-refractivity contribution < 1.29 is 18.7 Å². The van der Waals surface area contributed by atoms with Crippen LogP contribution >= 0.6 is 0 Å². The summed E-state index contributed by atoms with van der Waals surface area (Å²) in [5, 5.41) is 15.0. The molecule has 0 unspecified atom stereocenters. The third-order valence-corrected chi connectivity index (χ3v) is 3.89. The Morgan fingerprint density at radius 3 is 2.81 bits per heavy atom. The molecule has 3 rings (SSSR count). The molecule has 1 amide bonds. The van der Waals surface area contributed by atoms with Crippen LogP contribution in [0.15, 0.2) is 35.6 Å². The Bertz CT molecular complexity index is 982. The molecular formula is C18H15F2N5O2. The molecule has 7 nitrogen and oxygen atoms in total. The van der Waals surface area contributed by atoms with Gasteiger partial charge in [-0.3, -0.25) is 15.1 Å². The number of pyridine rings is 1. The number of guanidine groups is 1. The van der Waals surface area contributed by atoms with Crippen molar-refractivity contribution >= 4 is 17.6 Å². The average Bonchev–Trinajstić information content (AvgIpc) is 2.63. The number of phenolic OH excluding ortho intramolecular Hbond substituents is 1. The first-order valence-electron chi connectivity index (χ1n) is 7.94. The van der Waals surface area contributed by atoms with E-state index in [0.29, 0.717) is 5.56 Å². The van der Waals surface area contributed by atoms with Crippen LogP contribution in [0.5, 0.6) is 5.75 Å². The lowest BCUT2D eigenvalue weighted by atomic mass is 9.96. The van der Waals surface area contributed by atoms with Gasteiger partial charge in [-0.25, -0.2) is 18.6 Å². The van der Waals surface area contributed by atoms with E-state index in [2.05, 4.69) is 25.5 Å². The van der Waals surface area contributed by atoms with E-state index in [9.17, 15) is 18.7 Å². The minimum absolute atomic E-state index is 0.119. The van der Waals surface area contributed by atoms with Crippen molar-refractivity contribution in [2.24, 2.45) is 4.99 Å². The maximum atomic E-state index is 13.2. The number of aryl methyl sites for hydroxylation is 1. The Hall–Kier alpha value is -3.54. The van der Waals surface area contributed by atoms with Gasteiger partial charge in [-0.2, -0.15) is 0 Å². The normalized spacial score (nSPS) is 15.3. The van der Waals surface area contributed by atoms with E-state index < -0.39 is 24.9 Å². The average molecular weight is 371 g/mol. The zero-order valence-corrected chi connectivity index (χ0v) is 14.3. The van der Waals surface area contributed by atoms with Gasteiger partial charge in [-0.15, -0.1) is 0 Å². The second-order valence-electron chi connectivity index (χ2n) is 6.05. The number of hydrogen-bond acceptors (Lipinski definition) is 5. The van der Waals surface area contributed by atoms with Crippen LogP contribution in [0, 0.1) is 13.5 Å². The number of aliphatic imine (C=N–C) groups is 1. The van der Waals surface area contributed by atoms with E-state index in [0.717, 1.165) is 5.56 Å². The van der Waals surface area contributed by atoms with Gasteiger partial charge >= 0.3 is 0 Å². The Kier molecular flexibility index (Phi) is 4.73. The molecule has 1 aliphatic heterocycles. The lowest BCUT2D eigenvalue weighted by Gasteiger charge is -2.23. The molecule has 1 aliphatic rings. The van der Waals surface area contributed by atoms with Gasteiger partial charge in [0.15, 0.2) is 11.6 Å². The van der Waals surface area contributed by atoms with E-state index in [1.165, 1.54) is 18.3 Å². The fourth-order valence-electron chi connectivity index (χ4n) is 2.66. The lowest BCUT2D eigenvalue weighted by molar-refractivity contribution is 0.0120. The highest BCUT2D eigenvalue weighted by Crippen LogP contribution is 2.38.